The molecule has 2 aromatic rings. The molecule has 2 heterocycles. The van der Waals surface area contributed by atoms with Crippen molar-refractivity contribution in [2.24, 2.45) is 0 Å². The third kappa shape index (κ3) is 2.76. The fraction of sp³-hybridized carbons (Fsp3) is 0.417. The number of carbonyl (C=O) groups excluding carboxylic acids is 1. The van der Waals surface area contributed by atoms with Gasteiger partial charge in [-0.3, -0.25) is 10.1 Å². The molecule has 6 heteroatoms. The second-order valence-corrected chi connectivity index (χ2v) is 6.08. The average molecular weight is 281 g/mol. The van der Waals surface area contributed by atoms with Crippen LogP contribution in [0.3, 0.4) is 0 Å². The zero-order chi connectivity index (χ0) is 13.1. The van der Waals surface area contributed by atoms with Gasteiger partial charge in [0.1, 0.15) is 5.01 Å². The van der Waals surface area contributed by atoms with E-state index < -0.39 is 0 Å². The summed E-state index contributed by atoms with van der Waals surface area (Å²) in [5.41, 5.74) is 1.18. The van der Waals surface area contributed by atoms with Gasteiger partial charge in [0.25, 0.3) is 5.91 Å². The van der Waals surface area contributed by atoms with Crippen molar-refractivity contribution in [1.29, 1.82) is 0 Å². The molecule has 0 spiro atoms. The molecule has 1 N–H and O–H groups in total. The van der Waals surface area contributed by atoms with Crippen LogP contribution >= 0.6 is 22.7 Å². The normalized spacial score (nSPS) is 10.6. The van der Waals surface area contributed by atoms with Gasteiger partial charge in [-0.25, -0.2) is 0 Å². The zero-order valence-electron chi connectivity index (χ0n) is 10.6. The highest BCUT2D eigenvalue weighted by molar-refractivity contribution is 7.16. The second kappa shape index (κ2) is 5.58. The molecule has 1 amide bonds. The monoisotopic (exact) mass is 281 g/mol. The maximum atomic E-state index is 12.0. The Morgan fingerprint density at radius 3 is 2.61 bits per heavy atom. The fourth-order valence-electron chi connectivity index (χ4n) is 1.59. The van der Waals surface area contributed by atoms with Crippen LogP contribution in [-0.4, -0.2) is 16.1 Å². The molecule has 0 fully saturated rings. The van der Waals surface area contributed by atoms with Crippen molar-refractivity contribution < 1.29 is 4.79 Å². The summed E-state index contributed by atoms with van der Waals surface area (Å²) in [5.74, 6) is -0.0957. The predicted molar refractivity (Wildman–Crippen MR) is 75.7 cm³/mol. The molecular formula is C12H15N3OS2. The van der Waals surface area contributed by atoms with Crippen LogP contribution in [0.5, 0.6) is 0 Å². The van der Waals surface area contributed by atoms with E-state index in [2.05, 4.69) is 22.4 Å². The van der Waals surface area contributed by atoms with E-state index in [-0.39, 0.29) is 5.91 Å². The number of nitrogens with one attached hydrogen (secondary N) is 1. The van der Waals surface area contributed by atoms with Crippen molar-refractivity contribution in [1.82, 2.24) is 10.2 Å². The Hall–Kier alpha value is -1.27. The molecule has 0 radical (unpaired) electrons. The number of carbonyl (C=O) groups is 1. The predicted octanol–water partition coefficient (Wildman–Crippen LogP) is 3.29. The topological polar surface area (TPSA) is 54.9 Å². The largest absolute Gasteiger partial charge is 0.296 e. The molecule has 0 atom stereocenters. The van der Waals surface area contributed by atoms with Crippen molar-refractivity contribution in [2.75, 3.05) is 5.32 Å². The van der Waals surface area contributed by atoms with Gasteiger partial charge >= 0.3 is 0 Å². The number of rotatable bonds is 4. The van der Waals surface area contributed by atoms with E-state index >= 15 is 0 Å². The van der Waals surface area contributed by atoms with E-state index in [1.54, 1.807) is 11.3 Å². The van der Waals surface area contributed by atoms with Crippen molar-refractivity contribution in [3.05, 3.63) is 26.4 Å². The molecule has 2 aromatic heterocycles. The summed E-state index contributed by atoms with van der Waals surface area (Å²) < 4.78 is 0. The minimum Gasteiger partial charge on any atom is -0.296 e. The first kappa shape index (κ1) is 13.2. The van der Waals surface area contributed by atoms with Crippen LogP contribution in [0.4, 0.5) is 5.13 Å². The maximum Gasteiger partial charge on any atom is 0.267 e. The molecule has 0 aromatic carbocycles. The first-order chi connectivity index (χ1) is 8.63. The van der Waals surface area contributed by atoms with Gasteiger partial charge in [0.15, 0.2) is 0 Å². The van der Waals surface area contributed by atoms with Crippen LogP contribution in [0.1, 0.15) is 39.0 Å². The molecule has 4 nitrogen and oxygen atoms in total. The maximum absolute atomic E-state index is 12.0. The van der Waals surface area contributed by atoms with Crippen LogP contribution < -0.4 is 5.32 Å². The van der Waals surface area contributed by atoms with Crippen LogP contribution in [0.2, 0.25) is 0 Å². The van der Waals surface area contributed by atoms with Gasteiger partial charge in [0, 0.05) is 4.88 Å². The lowest BCUT2D eigenvalue weighted by Gasteiger charge is -1.96. The summed E-state index contributed by atoms with van der Waals surface area (Å²) in [7, 11) is 0. The number of aryl methyl sites for hydroxylation is 3. The van der Waals surface area contributed by atoms with E-state index in [9.17, 15) is 4.79 Å². The van der Waals surface area contributed by atoms with E-state index in [0.29, 0.717) is 5.13 Å². The lowest BCUT2D eigenvalue weighted by Crippen LogP contribution is -2.09. The second-order valence-electron chi connectivity index (χ2n) is 3.88. The lowest BCUT2D eigenvalue weighted by molar-refractivity contribution is 0.103. The fourth-order valence-corrected chi connectivity index (χ4v) is 3.27. The first-order valence-electron chi connectivity index (χ1n) is 5.87. The minimum absolute atomic E-state index is 0.0957. The summed E-state index contributed by atoms with van der Waals surface area (Å²) in [5, 5.41) is 12.2. The van der Waals surface area contributed by atoms with Crippen LogP contribution in [0.15, 0.2) is 6.07 Å². The highest BCUT2D eigenvalue weighted by Crippen LogP contribution is 2.24. The Balaban J connectivity index is 2.11. The van der Waals surface area contributed by atoms with Crippen LogP contribution in [-0.2, 0) is 12.8 Å². The zero-order valence-corrected chi connectivity index (χ0v) is 12.2. The third-order valence-corrected chi connectivity index (χ3v) is 4.92. The number of thiophene rings is 1. The van der Waals surface area contributed by atoms with E-state index in [0.717, 1.165) is 22.7 Å². The number of anilines is 1. The molecule has 0 aliphatic heterocycles. The SMILES string of the molecule is CCc1nnc(NC(=O)c2cc(C)c(CC)s2)s1. The molecule has 2 rings (SSSR count). The Labute approximate surface area is 114 Å². The average Bonchev–Trinajstić information content (AvgIpc) is 2.95. The molecule has 0 saturated carbocycles. The van der Waals surface area contributed by atoms with E-state index in [4.69, 9.17) is 0 Å². The summed E-state index contributed by atoms with van der Waals surface area (Å²) >= 11 is 2.97. The summed E-state index contributed by atoms with van der Waals surface area (Å²) in [6.07, 6.45) is 1.80. The molecule has 0 bridgehead atoms. The number of nitrogens with zero attached hydrogens (tertiary/aromatic N) is 2. The molecule has 0 aliphatic rings. The molecule has 0 saturated heterocycles. The van der Waals surface area contributed by atoms with Gasteiger partial charge < -0.3 is 0 Å². The van der Waals surface area contributed by atoms with Gasteiger partial charge in [-0.2, -0.15) is 0 Å². The van der Waals surface area contributed by atoms with Crippen molar-refractivity contribution in [3.63, 3.8) is 0 Å². The van der Waals surface area contributed by atoms with Crippen molar-refractivity contribution in [3.8, 4) is 0 Å². The van der Waals surface area contributed by atoms with Gasteiger partial charge in [0.05, 0.1) is 4.88 Å². The molecule has 0 unspecified atom stereocenters. The standard InChI is InChI=1S/C12H15N3OS2/c1-4-8-7(3)6-9(17-8)11(16)13-12-15-14-10(5-2)18-12/h6H,4-5H2,1-3H3,(H,13,15,16). The summed E-state index contributed by atoms with van der Waals surface area (Å²) in [6, 6.07) is 1.93. The molecule has 96 valence electrons. The van der Waals surface area contributed by atoms with Gasteiger partial charge in [-0.1, -0.05) is 25.2 Å². The van der Waals surface area contributed by atoms with E-state index in [1.165, 1.54) is 21.8 Å². The molecular weight excluding hydrogens is 266 g/mol. The van der Waals surface area contributed by atoms with Crippen molar-refractivity contribution in [2.45, 2.75) is 33.6 Å². The number of amides is 1. The number of hydrogen-bond donors (Lipinski definition) is 1. The Morgan fingerprint density at radius 1 is 1.28 bits per heavy atom. The van der Waals surface area contributed by atoms with Crippen molar-refractivity contribution >= 4 is 33.7 Å². The minimum atomic E-state index is -0.0957. The highest BCUT2D eigenvalue weighted by atomic mass is 32.1. The molecule has 18 heavy (non-hydrogen) atoms. The Morgan fingerprint density at radius 2 is 2.06 bits per heavy atom. The summed E-state index contributed by atoms with van der Waals surface area (Å²) in [6.45, 7) is 6.15. The van der Waals surface area contributed by atoms with Crippen LogP contribution in [0.25, 0.3) is 0 Å². The van der Waals surface area contributed by atoms with Gasteiger partial charge in [-0.05, 0) is 31.4 Å². The summed E-state index contributed by atoms with van der Waals surface area (Å²) in [4.78, 5) is 14.0. The number of aromatic nitrogens is 2. The Bertz CT molecular complexity index is 559. The van der Waals surface area contributed by atoms with Crippen LogP contribution in [0, 0.1) is 6.92 Å². The Kier molecular flexibility index (Phi) is 4.08. The van der Waals surface area contributed by atoms with E-state index in [1.807, 2.05) is 19.9 Å². The highest BCUT2D eigenvalue weighted by Gasteiger charge is 2.13. The quantitative estimate of drug-likeness (QED) is 0.935. The van der Waals surface area contributed by atoms with Gasteiger partial charge in [-0.15, -0.1) is 21.5 Å². The number of hydrogen-bond acceptors (Lipinski definition) is 5. The van der Waals surface area contributed by atoms with Gasteiger partial charge in [0.2, 0.25) is 5.13 Å². The smallest absolute Gasteiger partial charge is 0.267 e. The molecule has 0 aliphatic carbocycles. The third-order valence-electron chi connectivity index (χ3n) is 2.56. The first-order valence-corrected chi connectivity index (χ1v) is 7.50. The lowest BCUT2D eigenvalue weighted by atomic mass is 10.2.